The maximum atomic E-state index is 10.4. The fraction of sp³-hybridized carbons (Fsp3) is 0.500. The van der Waals surface area contributed by atoms with Crippen molar-refractivity contribution in [1.82, 2.24) is 0 Å². The number of rotatable bonds is 3. The molecule has 58 valence electrons. The van der Waals surface area contributed by atoms with E-state index < -0.39 is 12.3 Å². The number of hydrogen-bond donors (Lipinski definition) is 2. The van der Waals surface area contributed by atoms with Crippen LogP contribution in [-0.4, -0.2) is 29.1 Å². The molecule has 0 radical (unpaired) electrons. The van der Waals surface area contributed by atoms with Crippen LogP contribution in [0.15, 0.2) is 12.2 Å². The highest BCUT2D eigenvalue weighted by molar-refractivity contribution is 5.81. The van der Waals surface area contributed by atoms with Crippen molar-refractivity contribution in [3.8, 4) is 0 Å². The minimum Gasteiger partial charge on any atom is -0.463 e. The van der Waals surface area contributed by atoms with E-state index in [1.807, 2.05) is 0 Å². The molecule has 0 fully saturated rings. The maximum absolute atomic E-state index is 10.4. The molecule has 0 unspecified atom stereocenters. The van der Waals surface area contributed by atoms with Crippen molar-refractivity contribution in [3.05, 3.63) is 12.2 Å². The van der Waals surface area contributed by atoms with Crippen molar-refractivity contribution >= 4 is 5.97 Å². The zero-order chi connectivity index (χ0) is 7.98. The summed E-state index contributed by atoms with van der Waals surface area (Å²) in [5.41, 5.74) is 0. The van der Waals surface area contributed by atoms with Crippen LogP contribution < -0.4 is 0 Å². The number of carbonyl (C=O) groups excluding carboxylic acids is 1. The van der Waals surface area contributed by atoms with Crippen LogP contribution in [0.25, 0.3) is 0 Å². The second-order valence-electron chi connectivity index (χ2n) is 1.52. The number of hydrogen-bond acceptors (Lipinski definition) is 4. The fourth-order valence-electron chi connectivity index (χ4n) is 0.355. The monoisotopic (exact) mass is 146 g/mol. The van der Waals surface area contributed by atoms with Gasteiger partial charge in [-0.15, -0.1) is 0 Å². The highest BCUT2D eigenvalue weighted by Gasteiger charge is 1.94. The van der Waals surface area contributed by atoms with Gasteiger partial charge in [0.05, 0.1) is 6.61 Å². The zero-order valence-electron chi connectivity index (χ0n) is 5.65. The lowest BCUT2D eigenvalue weighted by atomic mass is 10.5. The molecule has 0 heterocycles. The Morgan fingerprint density at radius 2 is 2.30 bits per heavy atom. The Morgan fingerprint density at radius 3 is 2.70 bits per heavy atom. The van der Waals surface area contributed by atoms with E-state index in [1.54, 1.807) is 6.92 Å². The molecule has 0 aromatic carbocycles. The second kappa shape index (κ2) is 4.96. The number of esters is 1. The Labute approximate surface area is 58.7 Å². The van der Waals surface area contributed by atoms with Crippen molar-refractivity contribution in [1.29, 1.82) is 0 Å². The maximum Gasteiger partial charge on any atom is 0.330 e. The van der Waals surface area contributed by atoms with Crippen molar-refractivity contribution in [2.24, 2.45) is 0 Å². The van der Waals surface area contributed by atoms with Gasteiger partial charge >= 0.3 is 5.97 Å². The minimum absolute atomic E-state index is 0.282. The van der Waals surface area contributed by atoms with Crippen LogP contribution in [0.5, 0.6) is 0 Å². The summed E-state index contributed by atoms with van der Waals surface area (Å²) >= 11 is 0. The summed E-state index contributed by atoms with van der Waals surface area (Å²) in [6.45, 7) is 1.95. The Hall–Kier alpha value is -0.870. The van der Waals surface area contributed by atoms with Crippen LogP contribution in [0, 0.1) is 0 Å². The molecule has 0 atom stereocenters. The minimum atomic E-state index is -1.59. The predicted molar refractivity (Wildman–Crippen MR) is 34.0 cm³/mol. The van der Waals surface area contributed by atoms with Gasteiger partial charge < -0.3 is 14.9 Å². The normalized spacial score (nSPS) is 10.8. The first-order valence-electron chi connectivity index (χ1n) is 2.88. The molecule has 0 bridgehead atoms. The number of ether oxygens (including phenoxy) is 1. The van der Waals surface area contributed by atoms with Gasteiger partial charge in [-0.3, -0.25) is 0 Å². The summed E-state index contributed by atoms with van der Waals surface area (Å²) in [4.78, 5) is 10.4. The lowest BCUT2D eigenvalue weighted by Crippen LogP contribution is -2.03. The first kappa shape index (κ1) is 9.13. The van der Waals surface area contributed by atoms with Gasteiger partial charge in [-0.1, -0.05) is 0 Å². The van der Waals surface area contributed by atoms with E-state index in [0.29, 0.717) is 0 Å². The SMILES string of the molecule is CCOC(=O)/C=C/C(O)O. The molecule has 0 saturated heterocycles. The highest BCUT2D eigenvalue weighted by Crippen LogP contribution is 1.83. The van der Waals surface area contributed by atoms with Crippen molar-refractivity contribution in [2.75, 3.05) is 6.61 Å². The quantitative estimate of drug-likeness (QED) is 0.317. The largest absolute Gasteiger partial charge is 0.463 e. The lowest BCUT2D eigenvalue weighted by molar-refractivity contribution is -0.137. The third-order valence-electron chi connectivity index (χ3n) is 0.691. The standard InChI is InChI=1S/C6H10O4/c1-2-10-6(9)4-3-5(7)8/h3-5,7-8H,2H2,1H3/b4-3+. The summed E-state index contributed by atoms with van der Waals surface area (Å²) < 4.78 is 4.44. The third kappa shape index (κ3) is 5.27. The molecular formula is C6H10O4. The molecule has 0 amide bonds. The zero-order valence-corrected chi connectivity index (χ0v) is 5.65. The van der Waals surface area contributed by atoms with Crippen molar-refractivity contribution < 1.29 is 19.7 Å². The smallest absolute Gasteiger partial charge is 0.330 e. The van der Waals surface area contributed by atoms with E-state index in [-0.39, 0.29) is 6.61 Å². The van der Waals surface area contributed by atoms with Gasteiger partial charge in [0.2, 0.25) is 0 Å². The van der Waals surface area contributed by atoms with Gasteiger partial charge in [0, 0.05) is 6.08 Å². The summed E-state index contributed by atoms with van der Waals surface area (Å²) in [6.07, 6.45) is 0.302. The van der Waals surface area contributed by atoms with Gasteiger partial charge in [-0.05, 0) is 13.0 Å². The molecule has 10 heavy (non-hydrogen) atoms. The van der Waals surface area contributed by atoms with Crippen LogP contribution in [0.3, 0.4) is 0 Å². The molecule has 0 aliphatic heterocycles. The molecule has 0 aromatic rings. The number of aliphatic hydroxyl groups is 2. The van der Waals surface area contributed by atoms with Gasteiger partial charge in [0.1, 0.15) is 0 Å². The van der Waals surface area contributed by atoms with E-state index in [0.717, 1.165) is 12.2 Å². The van der Waals surface area contributed by atoms with Gasteiger partial charge in [0.15, 0.2) is 6.29 Å². The molecule has 0 saturated carbocycles. The van der Waals surface area contributed by atoms with Crippen LogP contribution in [0.1, 0.15) is 6.92 Å². The number of carbonyl (C=O) groups is 1. The van der Waals surface area contributed by atoms with Crippen molar-refractivity contribution in [2.45, 2.75) is 13.2 Å². The van der Waals surface area contributed by atoms with Crippen molar-refractivity contribution in [3.63, 3.8) is 0 Å². The first-order chi connectivity index (χ1) is 4.66. The molecule has 4 nitrogen and oxygen atoms in total. The Bertz CT molecular complexity index is 128. The molecule has 0 aromatic heterocycles. The van der Waals surface area contributed by atoms with E-state index in [2.05, 4.69) is 4.74 Å². The second-order valence-corrected chi connectivity index (χ2v) is 1.52. The highest BCUT2D eigenvalue weighted by atomic mass is 16.5. The van der Waals surface area contributed by atoms with Crippen LogP contribution in [0.4, 0.5) is 0 Å². The molecule has 0 spiro atoms. The first-order valence-corrected chi connectivity index (χ1v) is 2.88. The summed E-state index contributed by atoms with van der Waals surface area (Å²) in [6, 6.07) is 0. The summed E-state index contributed by atoms with van der Waals surface area (Å²) in [7, 11) is 0. The molecule has 0 rings (SSSR count). The third-order valence-corrected chi connectivity index (χ3v) is 0.691. The average Bonchev–Trinajstić information content (AvgIpc) is 1.85. The summed E-state index contributed by atoms with van der Waals surface area (Å²) in [5, 5.41) is 16.5. The van der Waals surface area contributed by atoms with E-state index >= 15 is 0 Å². The van der Waals surface area contributed by atoms with Gasteiger partial charge in [-0.25, -0.2) is 4.79 Å². The van der Waals surface area contributed by atoms with E-state index in [4.69, 9.17) is 10.2 Å². The van der Waals surface area contributed by atoms with Crippen LogP contribution in [0.2, 0.25) is 0 Å². The molecule has 0 aliphatic rings. The van der Waals surface area contributed by atoms with E-state index in [1.165, 1.54) is 0 Å². The molecule has 4 heteroatoms. The predicted octanol–water partition coefficient (Wildman–Crippen LogP) is -0.584. The fourth-order valence-corrected chi connectivity index (χ4v) is 0.355. The van der Waals surface area contributed by atoms with E-state index in [9.17, 15) is 4.79 Å². The van der Waals surface area contributed by atoms with Gasteiger partial charge in [-0.2, -0.15) is 0 Å². The number of aliphatic hydroxyl groups excluding tert-OH is 1. The topological polar surface area (TPSA) is 66.8 Å². The Kier molecular flexibility index (Phi) is 4.53. The lowest BCUT2D eigenvalue weighted by Gasteiger charge is -1.95. The summed E-state index contributed by atoms with van der Waals surface area (Å²) in [5.74, 6) is -0.574. The van der Waals surface area contributed by atoms with Crippen LogP contribution in [-0.2, 0) is 9.53 Å². The van der Waals surface area contributed by atoms with Crippen LogP contribution >= 0.6 is 0 Å². The Balaban J connectivity index is 3.56. The molecule has 0 aliphatic carbocycles. The molecule has 2 N–H and O–H groups in total. The van der Waals surface area contributed by atoms with Gasteiger partial charge in [0.25, 0.3) is 0 Å². The molecular weight excluding hydrogens is 136 g/mol. The Morgan fingerprint density at radius 1 is 1.70 bits per heavy atom. The average molecular weight is 146 g/mol.